The second kappa shape index (κ2) is 8.29. The molecule has 0 bridgehead atoms. The maximum absolute atomic E-state index is 12.7. The topological polar surface area (TPSA) is 83.6 Å². The summed E-state index contributed by atoms with van der Waals surface area (Å²) in [6.07, 6.45) is 1.07. The third-order valence-electron chi connectivity index (χ3n) is 3.82. The molecular formula is C18H18Cl2N2O4S. The van der Waals surface area contributed by atoms with Crippen molar-refractivity contribution in [3.8, 4) is 0 Å². The molecule has 1 N–H and O–H groups in total. The van der Waals surface area contributed by atoms with E-state index in [1.807, 2.05) is 0 Å². The van der Waals surface area contributed by atoms with Crippen LogP contribution in [0.2, 0.25) is 10.0 Å². The first-order chi connectivity index (χ1) is 12.5. The highest BCUT2D eigenvalue weighted by Crippen LogP contribution is 2.29. The Balaban J connectivity index is 2.17. The number of rotatable bonds is 5. The van der Waals surface area contributed by atoms with Gasteiger partial charge < -0.3 is 10.2 Å². The fraction of sp³-hybridized carbons (Fsp3) is 0.222. The van der Waals surface area contributed by atoms with Gasteiger partial charge in [-0.2, -0.15) is 0 Å². The molecule has 2 aromatic carbocycles. The van der Waals surface area contributed by atoms with Gasteiger partial charge in [0.15, 0.2) is 9.84 Å². The highest BCUT2D eigenvalue weighted by atomic mass is 35.5. The molecule has 0 radical (unpaired) electrons. The molecule has 6 nitrogen and oxygen atoms in total. The lowest BCUT2D eigenvalue weighted by Gasteiger charge is -2.19. The number of likely N-dealkylation sites (N-methyl/N-ethyl adjacent to an activating group) is 1. The highest BCUT2D eigenvalue weighted by molar-refractivity contribution is 7.90. The van der Waals surface area contributed by atoms with Gasteiger partial charge in [0.25, 0.3) is 5.91 Å². The van der Waals surface area contributed by atoms with E-state index in [9.17, 15) is 18.0 Å². The molecule has 0 heterocycles. The monoisotopic (exact) mass is 428 g/mol. The molecule has 2 amide bonds. The summed E-state index contributed by atoms with van der Waals surface area (Å²) in [5.41, 5.74) is 1.08. The number of hydrogen-bond donors (Lipinski definition) is 1. The van der Waals surface area contributed by atoms with Crippen LogP contribution in [0.1, 0.15) is 15.9 Å². The van der Waals surface area contributed by atoms with Gasteiger partial charge in [0.2, 0.25) is 5.91 Å². The minimum atomic E-state index is -3.45. The Morgan fingerprint density at radius 2 is 1.70 bits per heavy atom. The van der Waals surface area contributed by atoms with Crippen LogP contribution < -0.4 is 5.32 Å². The normalized spacial score (nSPS) is 11.1. The van der Waals surface area contributed by atoms with E-state index in [-0.39, 0.29) is 32.7 Å². The minimum absolute atomic E-state index is 0.0390. The van der Waals surface area contributed by atoms with E-state index in [1.165, 1.54) is 24.1 Å². The number of hydrogen-bond acceptors (Lipinski definition) is 4. The Morgan fingerprint density at radius 1 is 1.11 bits per heavy atom. The van der Waals surface area contributed by atoms with Gasteiger partial charge in [-0.25, -0.2) is 8.42 Å². The van der Waals surface area contributed by atoms with E-state index >= 15 is 0 Å². The minimum Gasteiger partial charge on any atom is -0.332 e. The average Bonchev–Trinajstić information content (AvgIpc) is 2.57. The Morgan fingerprint density at radius 3 is 2.26 bits per heavy atom. The number of aryl methyl sites for hydroxylation is 1. The first-order valence-corrected chi connectivity index (χ1v) is 10.5. The quantitative estimate of drug-likeness (QED) is 0.790. The lowest BCUT2D eigenvalue weighted by atomic mass is 10.1. The van der Waals surface area contributed by atoms with E-state index in [0.29, 0.717) is 5.56 Å². The van der Waals surface area contributed by atoms with Gasteiger partial charge in [-0.05, 0) is 36.8 Å². The van der Waals surface area contributed by atoms with Gasteiger partial charge in [0, 0.05) is 18.9 Å². The van der Waals surface area contributed by atoms with Gasteiger partial charge in [0.05, 0.1) is 27.2 Å². The summed E-state index contributed by atoms with van der Waals surface area (Å²) >= 11 is 12.0. The van der Waals surface area contributed by atoms with Gasteiger partial charge in [-0.3, -0.25) is 9.59 Å². The Bertz CT molecular complexity index is 986. The second-order valence-electron chi connectivity index (χ2n) is 6.05. The van der Waals surface area contributed by atoms with Gasteiger partial charge >= 0.3 is 0 Å². The molecule has 27 heavy (non-hydrogen) atoms. The van der Waals surface area contributed by atoms with E-state index in [1.54, 1.807) is 31.2 Å². The summed E-state index contributed by atoms with van der Waals surface area (Å²) in [6, 6.07) is 9.12. The van der Waals surface area contributed by atoms with Gasteiger partial charge in [-0.15, -0.1) is 0 Å². The molecule has 0 atom stereocenters. The van der Waals surface area contributed by atoms with Crippen molar-refractivity contribution < 1.29 is 18.0 Å². The Labute approximate surface area is 168 Å². The highest BCUT2D eigenvalue weighted by Gasteiger charge is 2.20. The van der Waals surface area contributed by atoms with Crippen molar-refractivity contribution in [1.82, 2.24) is 4.90 Å². The van der Waals surface area contributed by atoms with Crippen LogP contribution in [0, 0.1) is 6.92 Å². The number of nitrogens with one attached hydrogen (secondary N) is 1. The van der Waals surface area contributed by atoms with Crippen molar-refractivity contribution in [1.29, 1.82) is 0 Å². The van der Waals surface area contributed by atoms with Crippen LogP contribution in [-0.4, -0.2) is 45.0 Å². The van der Waals surface area contributed by atoms with Crippen LogP contribution in [0.25, 0.3) is 0 Å². The van der Waals surface area contributed by atoms with E-state index in [0.717, 1.165) is 6.26 Å². The molecule has 144 valence electrons. The summed E-state index contributed by atoms with van der Waals surface area (Å²) in [5.74, 6) is -0.962. The maximum atomic E-state index is 12.7. The van der Waals surface area contributed by atoms with Crippen LogP contribution >= 0.6 is 23.2 Å². The van der Waals surface area contributed by atoms with Crippen LogP contribution in [0.3, 0.4) is 0 Å². The number of benzene rings is 2. The number of sulfone groups is 1. The molecule has 0 aliphatic rings. The summed E-state index contributed by atoms with van der Waals surface area (Å²) in [7, 11) is -2.01. The first-order valence-electron chi connectivity index (χ1n) is 7.80. The molecule has 0 unspecified atom stereocenters. The number of amides is 2. The molecule has 9 heteroatoms. The fourth-order valence-corrected chi connectivity index (χ4v) is 3.49. The van der Waals surface area contributed by atoms with E-state index < -0.39 is 21.7 Å². The summed E-state index contributed by atoms with van der Waals surface area (Å²) in [6.45, 7) is 1.43. The molecule has 0 fully saturated rings. The third-order valence-corrected chi connectivity index (χ3v) is 5.56. The van der Waals surface area contributed by atoms with Crippen molar-refractivity contribution in [2.45, 2.75) is 11.8 Å². The molecule has 0 saturated carbocycles. The smallest absolute Gasteiger partial charge is 0.254 e. The van der Waals surface area contributed by atoms with Crippen molar-refractivity contribution in [3.63, 3.8) is 0 Å². The largest absolute Gasteiger partial charge is 0.332 e. The van der Waals surface area contributed by atoms with Crippen LogP contribution in [-0.2, 0) is 14.6 Å². The number of para-hydroxylation sites is 1. The van der Waals surface area contributed by atoms with Crippen molar-refractivity contribution in [2.24, 2.45) is 0 Å². The summed E-state index contributed by atoms with van der Waals surface area (Å²) in [4.78, 5) is 26.1. The van der Waals surface area contributed by atoms with Gasteiger partial charge in [-0.1, -0.05) is 35.3 Å². The average molecular weight is 429 g/mol. The van der Waals surface area contributed by atoms with Crippen LogP contribution in [0.15, 0.2) is 41.3 Å². The number of nitrogens with zero attached hydrogens (tertiary/aromatic N) is 1. The predicted molar refractivity (Wildman–Crippen MR) is 106 cm³/mol. The number of carbonyl (C=O) groups excluding carboxylic acids is 2. The lowest BCUT2D eigenvalue weighted by Crippen LogP contribution is -2.35. The van der Waals surface area contributed by atoms with Gasteiger partial charge in [0.1, 0.15) is 0 Å². The van der Waals surface area contributed by atoms with Crippen molar-refractivity contribution in [3.05, 3.63) is 57.6 Å². The molecule has 0 aliphatic carbocycles. The maximum Gasteiger partial charge on any atom is 0.254 e. The number of carbonyl (C=O) groups is 2. The standard InChI is InChI=1S/C18H18Cl2N2O4S/c1-11-7-8-12(27(3,25)26)9-13(11)18(24)22(2)10-16(23)21-17-14(19)5-4-6-15(17)20/h4-9H,10H2,1-3H3,(H,21,23). The van der Waals surface area contributed by atoms with E-state index in [2.05, 4.69) is 5.32 Å². The van der Waals surface area contributed by atoms with E-state index in [4.69, 9.17) is 23.2 Å². The molecule has 0 aromatic heterocycles. The molecular weight excluding hydrogens is 411 g/mol. The lowest BCUT2D eigenvalue weighted by molar-refractivity contribution is -0.116. The van der Waals surface area contributed by atoms with Crippen LogP contribution in [0.5, 0.6) is 0 Å². The molecule has 0 aliphatic heterocycles. The molecule has 2 rings (SSSR count). The SMILES string of the molecule is Cc1ccc(S(C)(=O)=O)cc1C(=O)N(C)CC(=O)Nc1c(Cl)cccc1Cl. The number of halogens is 2. The third kappa shape index (κ3) is 5.22. The Kier molecular flexibility index (Phi) is 6.51. The zero-order valence-corrected chi connectivity index (χ0v) is 17.2. The van der Waals surface area contributed by atoms with Crippen molar-refractivity contribution >= 4 is 50.5 Å². The predicted octanol–water partition coefficient (Wildman–Crippen LogP) is 3.42. The zero-order chi connectivity index (χ0) is 20.4. The van der Waals surface area contributed by atoms with Crippen molar-refractivity contribution in [2.75, 3.05) is 25.2 Å². The molecule has 0 spiro atoms. The Hall–Kier alpha value is -2.09. The molecule has 0 saturated heterocycles. The van der Waals surface area contributed by atoms with Crippen LogP contribution in [0.4, 0.5) is 5.69 Å². The zero-order valence-electron chi connectivity index (χ0n) is 14.9. The summed E-state index contributed by atoms with van der Waals surface area (Å²) < 4.78 is 23.4. The second-order valence-corrected chi connectivity index (χ2v) is 8.89. The fourth-order valence-electron chi connectivity index (χ4n) is 2.35. The summed E-state index contributed by atoms with van der Waals surface area (Å²) in [5, 5.41) is 3.13. The number of anilines is 1. The first kappa shape index (κ1) is 21.2. The molecule has 2 aromatic rings.